The van der Waals surface area contributed by atoms with Gasteiger partial charge in [0.2, 0.25) is 0 Å². The van der Waals surface area contributed by atoms with Crippen LogP contribution < -0.4 is 5.73 Å². The highest BCUT2D eigenvalue weighted by Gasteiger charge is 2.09. The van der Waals surface area contributed by atoms with Crippen molar-refractivity contribution in [3.63, 3.8) is 0 Å². The monoisotopic (exact) mass is 317 g/mol. The van der Waals surface area contributed by atoms with Crippen molar-refractivity contribution in [2.24, 2.45) is 5.73 Å². The Bertz CT molecular complexity index is 700. The van der Waals surface area contributed by atoms with E-state index in [1.165, 1.54) is 16.7 Å². The molecular formula is C21H23N3. The van der Waals surface area contributed by atoms with Gasteiger partial charge in [0.15, 0.2) is 0 Å². The summed E-state index contributed by atoms with van der Waals surface area (Å²) in [7, 11) is 0. The third kappa shape index (κ3) is 4.75. The third-order valence-corrected chi connectivity index (χ3v) is 3.99. The zero-order valence-corrected chi connectivity index (χ0v) is 13.8. The summed E-state index contributed by atoms with van der Waals surface area (Å²) in [6, 6.07) is 25.4. The highest BCUT2D eigenvalue weighted by atomic mass is 15.1. The first-order valence-electron chi connectivity index (χ1n) is 8.27. The van der Waals surface area contributed by atoms with E-state index in [-0.39, 0.29) is 0 Å². The molecule has 0 unspecified atom stereocenters. The first-order chi connectivity index (χ1) is 11.8. The smallest absolute Gasteiger partial charge is 0.0542 e. The number of hydrogen-bond acceptors (Lipinski definition) is 3. The molecule has 0 spiro atoms. The standard InChI is InChI=1S/C21H23N3/c22-14-21-13-20(11-12-23-21)17-24(15-18-7-3-1-4-8-18)16-19-9-5-2-6-10-19/h1-13H,14-17,22H2. The Morgan fingerprint density at radius 2 is 1.25 bits per heavy atom. The first-order valence-corrected chi connectivity index (χ1v) is 8.27. The van der Waals surface area contributed by atoms with Gasteiger partial charge >= 0.3 is 0 Å². The van der Waals surface area contributed by atoms with Crippen molar-refractivity contribution < 1.29 is 0 Å². The molecule has 3 aromatic rings. The van der Waals surface area contributed by atoms with Gasteiger partial charge in [-0.05, 0) is 28.8 Å². The second kappa shape index (κ2) is 8.39. The van der Waals surface area contributed by atoms with E-state index in [2.05, 4.69) is 82.7 Å². The lowest BCUT2D eigenvalue weighted by atomic mass is 10.1. The molecule has 2 aromatic carbocycles. The molecule has 3 heteroatoms. The van der Waals surface area contributed by atoms with Crippen LogP contribution in [0.1, 0.15) is 22.4 Å². The number of benzene rings is 2. The topological polar surface area (TPSA) is 42.1 Å². The molecule has 0 bridgehead atoms. The van der Waals surface area contributed by atoms with Crippen molar-refractivity contribution in [1.82, 2.24) is 9.88 Å². The summed E-state index contributed by atoms with van der Waals surface area (Å²) in [6.07, 6.45) is 1.85. The van der Waals surface area contributed by atoms with Crippen molar-refractivity contribution in [2.75, 3.05) is 0 Å². The van der Waals surface area contributed by atoms with Crippen molar-refractivity contribution in [2.45, 2.75) is 26.2 Å². The van der Waals surface area contributed by atoms with Crippen LogP contribution >= 0.6 is 0 Å². The lowest BCUT2D eigenvalue weighted by Crippen LogP contribution is -2.22. The Labute approximate surface area is 143 Å². The minimum atomic E-state index is 0.477. The molecule has 0 atom stereocenters. The van der Waals surface area contributed by atoms with Crippen LogP contribution in [0.2, 0.25) is 0 Å². The third-order valence-electron chi connectivity index (χ3n) is 3.99. The van der Waals surface area contributed by atoms with Gasteiger partial charge in [-0.25, -0.2) is 0 Å². The van der Waals surface area contributed by atoms with Gasteiger partial charge < -0.3 is 5.73 Å². The zero-order valence-electron chi connectivity index (χ0n) is 13.8. The molecule has 1 heterocycles. The van der Waals surface area contributed by atoms with Crippen LogP contribution in [0.5, 0.6) is 0 Å². The molecule has 1 aromatic heterocycles. The molecule has 0 saturated carbocycles. The number of hydrogen-bond donors (Lipinski definition) is 1. The summed E-state index contributed by atoms with van der Waals surface area (Å²) in [5.74, 6) is 0. The van der Waals surface area contributed by atoms with Gasteiger partial charge in [-0.2, -0.15) is 0 Å². The number of pyridine rings is 1. The van der Waals surface area contributed by atoms with E-state index in [1.54, 1.807) is 0 Å². The average Bonchev–Trinajstić information content (AvgIpc) is 2.63. The Morgan fingerprint density at radius 1 is 0.708 bits per heavy atom. The van der Waals surface area contributed by atoms with Crippen LogP contribution in [-0.2, 0) is 26.2 Å². The van der Waals surface area contributed by atoms with Gasteiger partial charge in [-0.15, -0.1) is 0 Å². The zero-order chi connectivity index (χ0) is 16.6. The first kappa shape index (κ1) is 16.4. The molecule has 122 valence electrons. The van der Waals surface area contributed by atoms with Gasteiger partial charge in [0.1, 0.15) is 0 Å². The van der Waals surface area contributed by atoms with Crippen LogP contribution in [-0.4, -0.2) is 9.88 Å². The molecule has 3 rings (SSSR count). The Balaban J connectivity index is 1.78. The van der Waals surface area contributed by atoms with Gasteiger partial charge in [0, 0.05) is 32.4 Å². The quantitative estimate of drug-likeness (QED) is 0.722. The lowest BCUT2D eigenvalue weighted by Gasteiger charge is -2.23. The maximum Gasteiger partial charge on any atom is 0.0542 e. The summed E-state index contributed by atoms with van der Waals surface area (Å²) in [5.41, 5.74) is 10.5. The largest absolute Gasteiger partial charge is 0.325 e. The molecule has 0 saturated heterocycles. The van der Waals surface area contributed by atoms with Gasteiger partial charge in [0.05, 0.1) is 5.69 Å². The van der Waals surface area contributed by atoms with E-state index >= 15 is 0 Å². The van der Waals surface area contributed by atoms with E-state index in [0.717, 1.165) is 25.3 Å². The Hall–Kier alpha value is -2.49. The number of nitrogens with zero attached hydrogens (tertiary/aromatic N) is 2. The second-order valence-electron chi connectivity index (χ2n) is 5.98. The lowest BCUT2D eigenvalue weighted by molar-refractivity contribution is 0.247. The van der Waals surface area contributed by atoms with Crippen molar-refractivity contribution in [1.29, 1.82) is 0 Å². The van der Waals surface area contributed by atoms with Crippen molar-refractivity contribution in [3.8, 4) is 0 Å². The Morgan fingerprint density at radius 3 is 1.79 bits per heavy atom. The van der Waals surface area contributed by atoms with Crippen molar-refractivity contribution in [3.05, 3.63) is 101 Å². The molecule has 3 nitrogen and oxygen atoms in total. The second-order valence-corrected chi connectivity index (χ2v) is 5.98. The average molecular weight is 317 g/mol. The van der Waals surface area contributed by atoms with Crippen LogP contribution in [0.3, 0.4) is 0 Å². The summed E-state index contributed by atoms with van der Waals surface area (Å²) >= 11 is 0. The summed E-state index contributed by atoms with van der Waals surface area (Å²) in [6.45, 7) is 3.18. The SMILES string of the molecule is NCc1cc(CN(Cc2ccccc2)Cc2ccccc2)ccn1. The summed E-state index contributed by atoms with van der Waals surface area (Å²) in [5, 5.41) is 0. The fourth-order valence-electron chi connectivity index (χ4n) is 2.85. The van der Waals surface area contributed by atoms with E-state index < -0.39 is 0 Å². The summed E-state index contributed by atoms with van der Waals surface area (Å²) < 4.78 is 0. The molecule has 0 aliphatic heterocycles. The van der Waals surface area contributed by atoms with E-state index in [9.17, 15) is 0 Å². The molecular weight excluding hydrogens is 294 g/mol. The van der Waals surface area contributed by atoms with E-state index in [1.807, 2.05) is 6.20 Å². The predicted molar refractivity (Wildman–Crippen MR) is 98.0 cm³/mol. The molecule has 0 amide bonds. The molecule has 0 fully saturated rings. The minimum Gasteiger partial charge on any atom is -0.325 e. The predicted octanol–water partition coefficient (Wildman–Crippen LogP) is 3.74. The van der Waals surface area contributed by atoms with Crippen molar-refractivity contribution >= 4 is 0 Å². The fraction of sp³-hybridized carbons (Fsp3) is 0.190. The molecule has 0 radical (unpaired) electrons. The van der Waals surface area contributed by atoms with Gasteiger partial charge in [-0.1, -0.05) is 60.7 Å². The minimum absolute atomic E-state index is 0.477. The maximum absolute atomic E-state index is 5.72. The normalized spacial score (nSPS) is 10.9. The molecule has 0 aliphatic rings. The van der Waals surface area contributed by atoms with E-state index in [0.29, 0.717) is 6.54 Å². The summed E-state index contributed by atoms with van der Waals surface area (Å²) in [4.78, 5) is 6.73. The number of nitrogens with two attached hydrogens (primary N) is 1. The molecule has 0 aliphatic carbocycles. The number of rotatable bonds is 7. The van der Waals surface area contributed by atoms with Crippen LogP contribution in [0.25, 0.3) is 0 Å². The van der Waals surface area contributed by atoms with Gasteiger partial charge in [0.25, 0.3) is 0 Å². The van der Waals surface area contributed by atoms with Crippen LogP contribution in [0, 0.1) is 0 Å². The Kier molecular flexibility index (Phi) is 5.72. The highest BCUT2D eigenvalue weighted by Crippen LogP contribution is 2.14. The van der Waals surface area contributed by atoms with E-state index in [4.69, 9.17) is 5.73 Å². The van der Waals surface area contributed by atoms with Gasteiger partial charge in [-0.3, -0.25) is 9.88 Å². The highest BCUT2D eigenvalue weighted by molar-refractivity contribution is 5.20. The maximum atomic E-state index is 5.72. The molecule has 2 N–H and O–H groups in total. The van der Waals surface area contributed by atoms with Crippen LogP contribution in [0.4, 0.5) is 0 Å². The van der Waals surface area contributed by atoms with Crippen LogP contribution in [0.15, 0.2) is 79.0 Å². The molecule has 24 heavy (non-hydrogen) atoms. The number of aromatic nitrogens is 1. The fourth-order valence-corrected chi connectivity index (χ4v) is 2.85.